The van der Waals surface area contributed by atoms with E-state index >= 15 is 0 Å². The quantitative estimate of drug-likeness (QED) is 0.779. The third-order valence-corrected chi connectivity index (χ3v) is 3.96. The van der Waals surface area contributed by atoms with Gasteiger partial charge in [0, 0.05) is 24.5 Å². The van der Waals surface area contributed by atoms with Crippen LogP contribution in [0.5, 0.6) is 0 Å². The minimum Gasteiger partial charge on any atom is -0.339 e. The molecule has 20 heavy (non-hydrogen) atoms. The highest BCUT2D eigenvalue weighted by Crippen LogP contribution is 2.22. The molecule has 1 atom stereocenters. The number of carbonyl (C=O) groups is 1. The van der Waals surface area contributed by atoms with Gasteiger partial charge in [-0.2, -0.15) is 0 Å². The van der Waals surface area contributed by atoms with E-state index in [9.17, 15) is 13.6 Å². The summed E-state index contributed by atoms with van der Waals surface area (Å²) in [7, 11) is 0. The van der Waals surface area contributed by atoms with Crippen LogP contribution in [0.3, 0.4) is 0 Å². The monoisotopic (exact) mass is 301 g/mol. The second kappa shape index (κ2) is 7.02. The minimum atomic E-state index is -0.663. The maximum Gasteiger partial charge on any atom is 0.227 e. The van der Waals surface area contributed by atoms with E-state index < -0.39 is 11.6 Å². The molecule has 2 rings (SSSR count). The first-order chi connectivity index (χ1) is 9.61. The topological polar surface area (TPSA) is 20.3 Å². The number of halogens is 3. The molecule has 0 aliphatic carbocycles. The fourth-order valence-electron chi connectivity index (χ4n) is 2.68. The lowest BCUT2D eigenvalue weighted by atomic mass is 9.98. The predicted octanol–water partition coefficient (Wildman–Crippen LogP) is 3.52. The SMILES string of the molecule is O=C(Cc1ccc(F)cc1F)N1CCCCC1CCCl. The molecule has 1 saturated heterocycles. The van der Waals surface area contributed by atoms with Gasteiger partial charge in [-0.15, -0.1) is 11.6 Å². The van der Waals surface area contributed by atoms with Crippen molar-refractivity contribution in [3.63, 3.8) is 0 Å². The van der Waals surface area contributed by atoms with Crippen LogP contribution >= 0.6 is 11.6 Å². The molecule has 1 heterocycles. The zero-order chi connectivity index (χ0) is 14.5. The first-order valence-electron chi connectivity index (χ1n) is 6.91. The van der Waals surface area contributed by atoms with Gasteiger partial charge in [0.15, 0.2) is 0 Å². The molecule has 1 amide bonds. The standard InChI is InChI=1S/C15H18ClF2NO/c16-7-6-13-3-1-2-8-19(13)15(20)9-11-4-5-12(17)10-14(11)18/h4-5,10,13H,1-3,6-9H2. The van der Waals surface area contributed by atoms with E-state index in [1.54, 1.807) is 4.90 Å². The summed E-state index contributed by atoms with van der Waals surface area (Å²) >= 11 is 5.77. The number of rotatable bonds is 4. The lowest BCUT2D eigenvalue weighted by molar-refractivity contribution is -0.134. The maximum absolute atomic E-state index is 13.6. The highest BCUT2D eigenvalue weighted by atomic mass is 35.5. The van der Waals surface area contributed by atoms with Crippen LogP contribution in [0, 0.1) is 11.6 Å². The number of amides is 1. The molecule has 1 unspecified atom stereocenters. The Morgan fingerprint density at radius 3 is 2.85 bits per heavy atom. The molecule has 1 aliphatic rings. The zero-order valence-electron chi connectivity index (χ0n) is 11.2. The first-order valence-corrected chi connectivity index (χ1v) is 7.44. The number of hydrogen-bond donors (Lipinski definition) is 0. The van der Waals surface area contributed by atoms with Gasteiger partial charge in [0.2, 0.25) is 5.91 Å². The summed E-state index contributed by atoms with van der Waals surface area (Å²) in [5.41, 5.74) is 0.242. The molecule has 0 spiro atoms. The molecule has 1 aliphatic heterocycles. The van der Waals surface area contributed by atoms with Crippen molar-refractivity contribution in [1.29, 1.82) is 0 Å². The minimum absolute atomic E-state index is 0.0229. The Morgan fingerprint density at radius 2 is 2.15 bits per heavy atom. The largest absolute Gasteiger partial charge is 0.339 e. The summed E-state index contributed by atoms with van der Waals surface area (Å²) in [6.07, 6.45) is 3.75. The number of piperidine rings is 1. The van der Waals surface area contributed by atoms with Gasteiger partial charge in [0.25, 0.3) is 0 Å². The average molecular weight is 302 g/mol. The van der Waals surface area contributed by atoms with Crippen molar-refractivity contribution < 1.29 is 13.6 Å². The second-order valence-corrected chi connectivity index (χ2v) is 5.50. The Morgan fingerprint density at radius 1 is 1.35 bits per heavy atom. The van der Waals surface area contributed by atoms with E-state index in [4.69, 9.17) is 11.6 Å². The summed E-state index contributed by atoms with van der Waals surface area (Å²) in [4.78, 5) is 14.1. The van der Waals surface area contributed by atoms with Crippen molar-refractivity contribution in [3.8, 4) is 0 Å². The molecule has 2 nitrogen and oxygen atoms in total. The van der Waals surface area contributed by atoms with Gasteiger partial charge >= 0.3 is 0 Å². The van der Waals surface area contributed by atoms with Crippen molar-refractivity contribution in [2.75, 3.05) is 12.4 Å². The molecule has 0 bridgehead atoms. The van der Waals surface area contributed by atoms with E-state index in [1.807, 2.05) is 0 Å². The van der Waals surface area contributed by atoms with E-state index in [0.29, 0.717) is 12.4 Å². The van der Waals surface area contributed by atoms with Crippen LogP contribution in [-0.4, -0.2) is 29.3 Å². The maximum atomic E-state index is 13.6. The summed E-state index contributed by atoms with van der Waals surface area (Å²) in [6, 6.07) is 3.48. The lowest BCUT2D eigenvalue weighted by Gasteiger charge is -2.35. The van der Waals surface area contributed by atoms with Crippen molar-refractivity contribution >= 4 is 17.5 Å². The van der Waals surface area contributed by atoms with Gasteiger partial charge in [-0.1, -0.05) is 6.07 Å². The third-order valence-electron chi connectivity index (χ3n) is 3.75. The number of alkyl halides is 1. The van der Waals surface area contributed by atoms with Crippen molar-refractivity contribution in [2.45, 2.75) is 38.1 Å². The van der Waals surface area contributed by atoms with Gasteiger partial charge in [-0.3, -0.25) is 4.79 Å². The number of benzene rings is 1. The number of hydrogen-bond acceptors (Lipinski definition) is 1. The van der Waals surface area contributed by atoms with Gasteiger partial charge in [-0.25, -0.2) is 8.78 Å². The fraction of sp³-hybridized carbons (Fsp3) is 0.533. The van der Waals surface area contributed by atoms with Crippen LogP contribution in [-0.2, 0) is 11.2 Å². The van der Waals surface area contributed by atoms with Crippen molar-refractivity contribution in [3.05, 3.63) is 35.4 Å². The smallest absolute Gasteiger partial charge is 0.227 e. The Labute approximate surface area is 122 Å². The van der Waals surface area contributed by atoms with Gasteiger partial charge in [-0.05, 0) is 37.3 Å². The van der Waals surface area contributed by atoms with Crippen molar-refractivity contribution in [2.24, 2.45) is 0 Å². The zero-order valence-corrected chi connectivity index (χ0v) is 12.0. The van der Waals surface area contributed by atoms with Crippen LogP contribution in [0.2, 0.25) is 0 Å². The molecule has 1 aromatic rings. The lowest BCUT2D eigenvalue weighted by Crippen LogP contribution is -2.44. The Bertz CT molecular complexity index is 479. The molecule has 0 radical (unpaired) electrons. The van der Waals surface area contributed by atoms with Crippen LogP contribution in [0.1, 0.15) is 31.2 Å². The fourth-order valence-corrected chi connectivity index (χ4v) is 2.94. The molecule has 5 heteroatoms. The summed E-state index contributed by atoms with van der Waals surface area (Å²) < 4.78 is 26.4. The summed E-state index contributed by atoms with van der Waals surface area (Å²) in [5.74, 6) is -0.884. The Balaban J connectivity index is 2.05. The highest BCUT2D eigenvalue weighted by Gasteiger charge is 2.26. The predicted molar refractivity (Wildman–Crippen MR) is 74.8 cm³/mol. The van der Waals surface area contributed by atoms with Gasteiger partial charge < -0.3 is 4.90 Å². The van der Waals surface area contributed by atoms with Crippen LogP contribution in [0.15, 0.2) is 18.2 Å². The van der Waals surface area contributed by atoms with Crippen molar-refractivity contribution in [1.82, 2.24) is 4.90 Å². The summed E-state index contributed by atoms with van der Waals surface area (Å²) in [6.45, 7) is 0.698. The van der Waals surface area contributed by atoms with E-state index in [1.165, 1.54) is 12.1 Å². The molecular weight excluding hydrogens is 284 g/mol. The third kappa shape index (κ3) is 3.69. The van der Waals surface area contributed by atoms with Gasteiger partial charge in [0.05, 0.1) is 6.42 Å². The second-order valence-electron chi connectivity index (χ2n) is 5.13. The van der Waals surface area contributed by atoms with E-state index in [-0.39, 0.29) is 23.9 Å². The van der Waals surface area contributed by atoms with Crippen LogP contribution < -0.4 is 0 Å². The highest BCUT2D eigenvalue weighted by molar-refractivity contribution is 6.17. The molecular formula is C15H18ClF2NO. The Kier molecular flexibility index (Phi) is 5.35. The van der Waals surface area contributed by atoms with Crippen LogP contribution in [0.25, 0.3) is 0 Å². The van der Waals surface area contributed by atoms with Crippen LogP contribution in [0.4, 0.5) is 8.78 Å². The van der Waals surface area contributed by atoms with Gasteiger partial charge in [0.1, 0.15) is 11.6 Å². The normalized spacial score (nSPS) is 19.1. The molecule has 0 N–H and O–H groups in total. The molecule has 0 aromatic heterocycles. The molecule has 110 valence electrons. The number of nitrogens with zero attached hydrogens (tertiary/aromatic N) is 1. The Hall–Kier alpha value is -1.16. The first kappa shape index (κ1) is 15.2. The summed E-state index contributed by atoms with van der Waals surface area (Å²) in [5, 5.41) is 0. The molecule has 0 saturated carbocycles. The number of carbonyl (C=O) groups excluding carboxylic acids is 1. The molecule has 1 fully saturated rings. The van der Waals surface area contributed by atoms with E-state index in [0.717, 1.165) is 31.7 Å². The van der Waals surface area contributed by atoms with E-state index in [2.05, 4.69) is 0 Å². The molecule has 1 aromatic carbocycles. The number of likely N-dealkylation sites (tertiary alicyclic amines) is 1. The average Bonchev–Trinajstić information content (AvgIpc) is 2.43.